The molecule has 0 saturated carbocycles. The lowest BCUT2D eigenvalue weighted by Crippen LogP contribution is -2.24. The summed E-state index contributed by atoms with van der Waals surface area (Å²) in [4.78, 5) is 23.1. The Morgan fingerprint density at radius 2 is 1.91 bits per heavy atom. The van der Waals surface area contributed by atoms with Crippen LogP contribution in [0.1, 0.15) is 57.5 Å². The minimum atomic E-state index is -0.975. The molecule has 1 amide bonds. The molecule has 0 aliphatic rings. The summed E-state index contributed by atoms with van der Waals surface area (Å²) in [5, 5.41) is 15.5. The third-order valence-corrected chi connectivity index (χ3v) is 3.29. The normalized spacial score (nSPS) is 10.7. The lowest BCUT2D eigenvalue weighted by molar-refractivity contribution is 0.0696. The Morgan fingerprint density at radius 3 is 2.45 bits per heavy atom. The van der Waals surface area contributed by atoms with Crippen molar-refractivity contribution in [3.05, 3.63) is 52.4 Å². The number of hydrogen-bond donors (Lipinski definition) is 2. The van der Waals surface area contributed by atoms with Crippen LogP contribution in [0.15, 0.2) is 28.8 Å². The Morgan fingerprint density at radius 1 is 1.27 bits per heavy atom. The van der Waals surface area contributed by atoms with Crippen molar-refractivity contribution in [2.24, 2.45) is 0 Å². The molecule has 0 unspecified atom stereocenters. The first-order valence-corrected chi connectivity index (χ1v) is 6.96. The zero-order chi connectivity index (χ0) is 16.3. The molecule has 0 saturated heterocycles. The van der Waals surface area contributed by atoms with E-state index < -0.39 is 5.97 Å². The maximum atomic E-state index is 12.3. The smallest absolute Gasteiger partial charge is 0.335 e. The standard InChI is InChI=1S/C16H18N2O4/c1-9(2)14-13(10(3)18-22-14)15(19)17-8-11-4-6-12(7-5-11)16(20)21/h4-7,9H,8H2,1-3H3,(H,17,19)(H,20,21). The van der Waals surface area contributed by atoms with Gasteiger partial charge in [0.2, 0.25) is 0 Å². The molecule has 0 aliphatic heterocycles. The van der Waals surface area contributed by atoms with E-state index in [1.165, 1.54) is 12.1 Å². The second-order valence-electron chi connectivity index (χ2n) is 5.35. The summed E-state index contributed by atoms with van der Waals surface area (Å²) in [5.74, 6) is -0.588. The molecule has 1 aromatic heterocycles. The summed E-state index contributed by atoms with van der Waals surface area (Å²) >= 11 is 0. The molecular formula is C16H18N2O4. The number of amides is 1. The number of nitrogens with zero attached hydrogens (tertiary/aromatic N) is 1. The molecular weight excluding hydrogens is 284 g/mol. The fourth-order valence-electron chi connectivity index (χ4n) is 2.09. The average molecular weight is 302 g/mol. The highest BCUT2D eigenvalue weighted by atomic mass is 16.5. The number of aryl methyl sites for hydroxylation is 1. The van der Waals surface area contributed by atoms with Gasteiger partial charge in [-0.15, -0.1) is 0 Å². The molecule has 1 heterocycles. The molecule has 0 spiro atoms. The number of aromatic carboxylic acids is 1. The van der Waals surface area contributed by atoms with Gasteiger partial charge in [0.25, 0.3) is 5.91 Å². The molecule has 6 nitrogen and oxygen atoms in total. The minimum Gasteiger partial charge on any atom is -0.478 e. The van der Waals surface area contributed by atoms with E-state index in [1.807, 2.05) is 13.8 Å². The number of carboxylic acid groups (broad SMARTS) is 1. The summed E-state index contributed by atoms with van der Waals surface area (Å²) in [6, 6.07) is 6.36. The zero-order valence-electron chi connectivity index (χ0n) is 12.7. The Kier molecular flexibility index (Phi) is 4.60. The van der Waals surface area contributed by atoms with E-state index in [9.17, 15) is 9.59 Å². The van der Waals surface area contributed by atoms with Crippen molar-refractivity contribution in [3.63, 3.8) is 0 Å². The van der Waals surface area contributed by atoms with Crippen molar-refractivity contribution in [1.29, 1.82) is 0 Å². The maximum Gasteiger partial charge on any atom is 0.335 e. The first-order valence-electron chi connectivity index (χ1n) is 6.96. The monoisotopic (exact) mass is 302 g/mol. The number of rotatable bonds is 5. The van der Waals surface area contributed by atoms with E-state index in [0.29, 0.717) is 23.6 Å². The SMILES string of the molecule is Cc1noc(C(C)C)c1C(=O)NCc1ccc(C(=O)O)cc1. The van der Waals surface area contributed by atoms with Gasteiger partial charge in [0, 0.05) is 12.5 Å². The van der Waals surface area contributed by atoms with E-state index in [0.717, 1.165) is 5.56 Å². The van der Waals surface area contributed by atoms with Crippen LogP contribution < -0.4 is 5.32 Å². The Labute approximate surface area is 128 Å². The topological polar surface area (TPSA) is 92.4 Å². The van der Waals surface area contributed by atoms with Gasteiger partial charge in [-0.3, -0.25) is 4.79 Å². The highest BCUT2D eigenvalue weighted by Crippen LogP contribution is 2.22. The molecule has 0 radical (unpaired) electrons. The fourth-order valence-corrected chi connectivity index (χ4v) is 2.09. The summed E-state index contributed by atoms with van der Waals surface area (Å²) < 4.78 is 5.20. The van der Waals surface area contributed by atoms with E-state index in [-0.39, 0.29) is 17.4 Å². The summed E-state index contributed by atoms with van der Waals surface area (Å²) in [5.41, 5.74) is 2.06. The van der Waals surface area contributed by atoms with Gasteiger partial charge in [-0.1, -0.05) is 31.1 Å². The van der Waals surface area contributed by atoms with Crippen molar-refractivity contribution in [2.45, 2.75) is 33.2 Å². The number of aromatic nitrogens is 1. The van der Waals surface area contributed by atoms with Crippen LogP contribution in [-0.2, 0) is 6.54 Å². The predicted molar refractivity (Wildman–Crippen MR) is 79.9 cm³/mol. The lowest BCUT2D eigenvalue weighted by atomic mass is 10.0. The van der Waals surface area contributed by atoms with Gasteiger partial charge in [-0.05, 0) is 24.6 Å². The van der Waals surface area contributed by atoms with Crippen molar-refractivity contribution in [3.8, 4) is 0 Å². The van der Waals surface area contributed by atoms with Gasteiger partial charge in [0.15, 0.2) is 5.76 Å². The highest BCUT2D eigenvalue weighted by molar-refractivity contribution is 5.96. The molecule has 2 aromatic rings. The largest absolute Gasteiger partial charge is 0.478 e. The summed E-state index contributed by atoms with van der Waals surface area (Å²) in [7, 11) is 0. The van der Waals surface area contributed by atoms with Crippen molar-refractivity contribution < 1.29 is 19.2 Å². The molecule has 2 rings (SSSR count). The van der Waals surface area contributed by atoms with Crippen LogP contribution >= 0.6 is 0 Å². The first-order chi connectivity index (χ1) is 10.4. The molecule has 22 heavy (non-hydrogen) atoms. The molecule has 6 heteroatoms. The molecule has 0 atom stereocenters. The van der Waals surface area contributed by atoms with Gasteiger partial charge in [0.1, 0.15) is 5.56 Å². The van der Waals surface area contributed by atoms with Crippen LogP contribution in [-0.4, -0.2) is 22.1 Å². The second kappa shape index (κ2) is 6.43. The number of nitrogens with one attached hydrogen (secondary N) is 1. The number of carbonyl (C=O) groups excluding carboxylic acids is 1. The predicted octanol–water partition coefficient (Wildman–Crippen LogP) is 2.73. The molecule has 0 bridgehead atoms. The van der Waals surface area contributed by atoms with Crippen LogP contribution in [0.5, 0.6) is 0 Å². The van der Waals surface area contributed by atoms with Crippen LogP contribution in [0.3, 0.4) is 0 Å². The van der Waals surface area contributed by atoms with Gasteiger partial charge in [-0.2, -0.15) is 0 Å². The maximum absolute atomic E-state index is 12.3. The number of carboxylic acids is 1. The van der Waals surface area contributed by atoms with Crippen molar-refractivity contribution in [2.75, 3.05) is 0 Å². The Hall–Kier alpha value is -2.63. The van der Waals surface area contributed by atoms with Crippen LogP contribution in [0.25, 0.3) is 0 Å². The molecule has 0 aliphatic carbocycles. The molecule has 2 N–H and O–H groups in total. The molecule has 116 valence electrons. The van der Waals surface area contributed by atoms with Crippen LogP contribution in [0.4, 0.5) is 0 Å². The van der Waals surface area contributed by atoms with E-state index in [1.54, 1.807) is 19.1 Å². The van der Waals surface area contributed by atoms with Crippen molar-refractivity contribution in [1.82, 2.24) is 10.5 Å². The lowest BCUT2D eigenvalue weighted by Gasteiger charge is -2.07. The van der Waals surface area contributed by atoms with Gasteiger partial charge in [-0.25, -0.2) is 4.79 Å². The highest BCUT2D eigenvalue weighted by Gasteiger charge is 2.22. The number of benzene rings is 1. The van der Waals surface area contributed by atoms with Crippen LogP contribution in [0, 0.1) is 6.92 Å². The summed E-state index contributed by atoms with van der Waals surface area (Å²) in [6.45, 7) is 5.90. The quantitative estimate of drug-likeness (QED) is 0.886. The van der Waals surface area contributed by atoms with Gasteiger partial charge < -0.3 is 14.9 Å². The van der Waals surface area contributed by atoms with Crippen LogP contribution in [0.2, 0.25) is 0 Å². The fraction of sp³-hybridized carbons (Fsp3) is 0.312. The number of carbonyl (C=O) groups is 2. The second-order valence-corrected chi connectivity index (χ2v) is 5.35. The van der Waals surface area contributed by atoms with E-state index >= 15 is 0 Å². The third-order valence-electron chi connectivity index (χ3n) is 3.29. The van der Waals surface area contributed by atoms with Crippen molar-refractivity contribution >= 4 is 11.9 Å². The molecule has 1 aromatic carbocycles. The summed E-state index contributed by atoms with van der Waals surface area (Å²) in [6.07, 6.45) is 0. The third kappa shape index (κ3) is 3.33. The Bertz CT molecular complexity index is 687. The van der Waals surface area contributed by atoms with Gasteiger partial charge in [0.05, 0.1) is 11.3 Å². The average Bonchev–Trinajstić information content (AvgIpc) is 2.87. The van der Waals surface area contributed by atoms with E-state index in [4.69, 9.17) is 9.63 Å². The number of hydrogen-bond acceptors (Lipinski definition) is 4. The molecule has 0 fully saturated rings. The zero-order valence-corrected chi connectivity index (χ0v) is 12.7. The Balaban J connectivity index is 2.07. The van der Waals surface area contributed by atoms with Gasteiger partial charge >= 0.3 is 5.97 Å². The first kappa shape index (κ1) is 15.8. The van der Waals surface area contributed by atoms with E-state index in [2.05, 4.69) is 10.5 Å². The minimum absolute atomic E-state index is 0.0665.